The Hall–Kier alpha value is -0.860. The van der Waals surface area contributed by atoms with Crippen LogP contribution in [0.15, 0.2) is 18.2 Å². The van der Waals surface area contributed by atoms with E-state index in [1.54, 1.807) is 11.1 Å². The molecule has 1 saturated carbocycles. The second-order valence-corrected chi connectivity index (χ2v) is 6.41. The van der Waals surface area contributed by atoms with Gasteiger partial charge >= 0.3 is 0 Å². The van der Waals surface area contributed by atoms with E-state index in [1.807, 2.05) is 0 Å². The molecule has 1 aromatic rings. The first-order valence-corrected chi connectivity index (χ1v) is 7.92. The van der Waals surface area contributed by atoms with E-state index in [2.05, 4.69) is 23.6 Å². The van der Waals surface area contributed by atoms with Gasteiger partial charge in [0.05, 0.1) is 0 Å². The predicted octanol–water partition coefficient (Wildman–Crippen LogP) is 3.13. The first-order valence-electron chi connectivity index (χ1n) is 7.92. The van der Waals surface area contributed by atoms with Crippen LogP contribution < -0.4 is 11.3 Å². The highest BCUT2D eigenvalue weighted by atomic mass is 15.2. The highest BCUT2D eigenvalue weighted by Gasteiger charge is 2.20. The summed E-state index contributed by atoms with van der Waals surface area (Å²) in [6.45, 7) is 0. The van der Waals surface area contributed by atoms with Crippen molar-refractivity contribution in [2.24, 2.45) is 11.8 Å². The molecular formula is C17H26N2. The third-order valence-electron chi connectivity index (χ3n) is 4.97. The van der Waals surface area contributed by atoms with Gasteiger partial charge in [-0.05, 0) is 54.7 Å². The maximum atomic E-state index is 5.76. The molecule has 3 rings (SSSR count). The van der Waals surface area contributed by atoms with Crippen LogP contribution in [-0.2, 0) is 19.3 Å². The fourth-order valence-electron chi connectivity index (χ4n) is 3.90. The lowest BCUT2D eigenvalue weighted by Gasteiger charge is -2.20. The molecule has 0 saturated heterocycles. The summed E-state index contributed by atoms with van der Waals surface area (Å²) in [5.74, 6) is 6.66. The van der Waals surface area contributed by atoms with E-state index in [0.29, 0.717) is 6.04 Å². The van der Waals surface area contributed by atoms with Gasteiger partial charge in [0, 0.05) is 6.04 Å². The number of hydrogen-bond donors (Lipinski definition) is 2. The number of nitrogens with one attached hydrogen (secondary N) is 1. The summed E-state index contributed by atoms with van der Waals surface area (Å²) >= 11 is 0. The smallest absolute Gasteiger partial charge is 0.0253 e. The van der Waals surface area contributed by atoms with Crippen molar-refractivity contribution in [1.29, 1.82) is 0 Å². The Morgan fingerprint density at radius 2 is 1.89 bits per heavy atom. The summed E-state index contributed by atoms with van der Waals surface area (Å²) in [6, 6.07) is 7.51. The molecule has 0 spiro atoms. The number of hydrazine groups is 1. The van der Waals surface area contributed by atoms with Gasteiger partial charge in [-0.3, -0.25) is 11.3 Å². The van der Waals surface area contributed by atoms with Crippen LogP contribution in [0.3, 0.4) is 0 Å². The number of nitrogens with two attached hydrogens (primary N) is 1. The summed E-state index contributed by atoms with van der Waals surface area (Å²) in [5.41, 5.74) is 7.65. The molecule has 2 nitrogen and oxygen atoms in total. The second kappa shape index (κ2) is 6.06. The molecule has 1 unspecified atom stereocenters. The van der Waals surface area contributed by atoms with Crippen LogP contribution in [0.4, 0.5) is 0 Å². The Kier molecular flexibility index (Phi) is 4.19. The largest absolute Gasteiger partial charge is 0.271 e. The van der Waals surface area contributed by atoms with Crippen molar-refractivity contribution in [1.82, 2.24) is 5.43 Å². The van der Waals surface area contributed by atoms with E-state index in [4.69, 9.17) is 5.84 Å². The fourth-order valence-corrected chi connectivity index (χ4v) is 3.90. The summed E-state index contributed by atoms with van der Waals surface area (Å²) in [4.78, 5) is 0. The van der Waals surface area contributed by atoms with Crippen LogP contribution in [0.2, 0.25) is 0 Å². The third-order valence-corrected chi connectivity index (χ3v) is 4.97. The zero-order valence-electron chi connectivity index (χ0n) is 11.8. The summed E-state index contributed by atoms with van der Waals surface area (Å²) in [6.07, 6.45) is 11.8. The highest BCUT2D eigenvalue weighted by molar-refractivity contribution is 5.35. The minimum Gasteiger partial charge on any atom is -0.271 e. The van der Waals surface area contributed by atoms with E-state index >= 15 is 0 Å². The molecule has 0 amide bonds. The lowest BCUT2D eigenvalue weighted by atomic mass is 9.93. The van der Waals surface area contributed by atoms with Gasteiger partial charge in [0.25, 0.3) is 0 Å². The van der Waals surface area contributed by atoms with Crippen LogP contribution in [0.1, 0.15) is 55.2 Å². The van der Waals surface area contributed by atoms with Crippen molar-refractivity contribution in [3.8, 4) is 0 Å². The van der Waals surface area contributed by atoms with Gasteiger partial charge in [0.1, 0.15) is 0 Å². The van der Waals surface area contributed by atoms with Crippen LogP contribution in [0, 0.1) is 5.92 Å². The quantitative estimate of drug-likeness (QED) is 0.629. The summed E-state index contributed by atoms with van der Waals surface area (Å²) < 4.78 is 0. The van der Waals surface area contributed by atoms with Crippen molar-refractivity contribution in [2.45, 2.75) is 63.8 Å². The number of hydrogen-bond acceptors (Lipinski definition) is 2. The van der Waals surface area contributed by atoms with Gasteiger partial charge in [-0.1, -0.05) is 43.9 Å². The highest BCUT2D eigenvalue weighted by Crippen LogP contribution is 2.29. The van der Waals surface area contributed by atoms with Crippen LogP contribution >= 0.6 is 0 Å². The normalized spacial score (nSPS) is 20.7. The maximum Gasteiger partial charge on any atom is 0.0253 e. The SMILES string of the molecule is NNC(Cc1ccc2c(c1)CCC2)CC1CCCC1. The minimum atomic E-state index is 0.447. The van der Waals surface area contributed by atoms with E-state index in [1.165, 1.54) is 56.9 Å². The molecule has 104 valence electrons. The molecule has 1 aromatic carbocycles. The van der Waals surface area contributed by atoms with Crippen molar-refractivity contribution >= 4 is 0 Å². The summed E-state index contributed by atoms with van der Waals surface area (Å²) in [5, 5.41) is 0. The Bertz CT molecular complexity index is 421. The lowest BCUT2D eigenvalue weighted by Crippen LogP contribution is -2.38. The number of fused-ring (bicyclic) bond motifs is 1. The molecule has 0 aromatic heterocycles. The Morgan fingerprint density at radius 3 is 2.68 bits per heavy atom. The first kappa shape index (κ1) is 13.1. The van der Waals surface area contributed by atoms with Gasteiger partial charge < -0.3 is 0 Å². The Morgan fingerprint density at radius 1 is 1.11 bits per heavy atom. The molecule has 0 bridgehead atoms. The van der Waals surface area contributed by atoms with Crippen molar-refractivity contribution in [2.75, 3.05) is 0 Å². The average Bonchev–Trinajstić information content (AvgIpc) is 3.08. The molecule has 19 heavy (non-hydrogen) atoms. The Balaban J connectivity index is 1.61. The van der Waals surface area contributed by atoms with E-state index in [0.717, 1.165) is 12.3 Å². The van der Waals surface area contributed by atoms with Crippen molar-refractivity contribution in [3.05, 3.63) is 34.9 Å². The van der Waals surface area contributed by atoms with E-state index < -0.39 is 0 Å². The number of aryl methyl sites for hydroxylation is 2. The third kappa shape index (κ3) is 3.18. The number of benzene rings is 1. The van der Waals surface area contributed by atoms with Crippen molar-refractivity contribution < 1.29 is 0 Å². The first-order chi connectivity index (χ1) is 9.35. The standard InChI is InChI=1S/C17H26N2/c18-19-17(11-13-4-1-2-5-13)12-14-8-9-15-6-3-7-16(15)10-14/h8-10,13,17,19H,1-7,11-12,18H2. The Labute approximate surface area is 116 Å². The summed E-state index contributed by atoms with van der Waals surface area (Å²) in [7, 11) is 0. The van der Waals surface area contributed by atoms with E-state index in [-0.39, 0.29) is 0 Å². The maximum absolute atomic E-state index is 5.76. The number of rotatable bonds is 5. The van der Waals surface area contributed by atoms with Gasteiger partial charge in [0.2, 0.25) is 0 Å². The average molecular weight is 258 g/mol. The molecule has 2 aliphatic rings. The molecule has 2 aliphatic carbocycles. The molecule has 0 heterocycles. The van der Waals surface area contributed by atoms with Gasteiger partial charge in [-0.2, -0.15) is 0 Å². The van der Waals surface area contributed by atoms with Crippen LogP contribution in [0.25, 0.3) is 0 Å². The molecule has 3 N–H and O–H groups in total. The van der Waals surface area contributed by atoms with Crippen LogP contribution in [-0.4, -0.2) is 6.04 Å². The molecule has 0 aliphatic heterocycles. The van der Waals surface area contributed by atoms with Gasteiger partial charge in [0.15, 0.2) is 0 Å². The second-order valence-electron chi connectivity index (χ2n) is 6.41. The monoisotopic (exact) mass is 258 g/mol. The lowest BCUT2D eigenvalue weighted by molar-refractivity contribution is 0.389. The molecule has 0 radical (unpaired) electrons. The van der Waals surface area contributed by atoms with Gasteiger partial charge in [-0.25, -0.2) is 0 Å². The zero-order valence-corrected chi connectivity index (χ0v) is 11.8. The van der Waals surface area contributed by atoms with Crippen molar-refractivity contribution in [3.63, 3.8) is 0 Å². The molecule has 1 fully saturated rings. The molecule has 1 atom stereocenters. The predicted molar refractivity (Wildman–Crippen MR) is 79.9 cm³/mol. The topological polar surface area (TPSA) is 38.0 Å². The van der Waals surface area contributed by atoms with Crippen LogP contribution in [0.5, 0.6) is 0 Å². The molecule has 2 heteroatoms. The van der Waals surface area contributed by atoms with Gasteiger partial charge in [-0.15, -0.1) is 0 Å². The zero-order chi connectivity index (χ0) is 13.1. The van der Waals surface area contributed by atoms with E-state index in [9.17, 15) is 0 Å². The fraction of sp³-hybridized carbons (Fsp3) is 0.647. The molecular weight excluding hydrogens is 232 g/mol. The minimum absolute atomic E-state index is 0.447.